The fourth-order valence-corrected chi connectivity index (χ4v) is 3.87. The monoisotopic (exact) mass is 458 g/mol. The van der Waals surface area contributed by atoms with Crippen LogP contribution in [0, 0.1) is 12.8 Å². The Hall–Kier alpha value is -3.82. The molecular formula is C23H21F3N4O3. The fraction of sp³-hybridized carbons (Fsp3) is 0.261. The van der Waals surface area contributed by atoms with E-state index < -0.39 is 23.6 Å². The number of aromatic nitrogens is 2. The Labute approximate surface area is 187 Å². The van der Waals surface area contributed by atoms with Gasteiger partial charge in [0.2, 0.25) is 11.8 Å². The van der Waals surface area contributed by atoms with Crippen molar-refractivity contribution in [1.29, 1.82) is 0 Å². The summed E-state index contributed by atoms with van der Waals surface area (Å²) in [5.74, 6) is -0.816. The average Bonchev–Trinajstić information content (AvgIpc) is 3.35. The Kier molecular flexibility index (Phi) is 5.84. The standard InChI is InChI=1S/C23H21F3N4O3/c1-14-11-20(30(28-14)17-8-4-3-7-16(17)23(24,25)26)27-22(32)15-12-21(31)29(13-15)18-9-5-6-10-19(18)33-2/h3-11,15H,12-13H2,1-2H3,(H,27,32). The topological polar surface area (TPSA) is 76.5 Å². The van der Waals surface area contributed by atoms with Crippen molar-refractivity contribution in [3.05, 3.63) is 65.9 Å². The van der Waals surface area contributed by atoms with Crippen LogP contribution in [0.5, 0.6) is 5.75 Å². The smallest absolute Gasteiger partial charge is 0.418 e. The van der Waals surface area contributed by atoms with Gasteiger partial charge in [-0.25, -0.2) is 4.68 Å². The predicted molar refractivity (Wildman–Crippen MR) is 115 cm³/mol. The molecule has 1 aliphatic heterocycles. The Bertz CT molecular complexity index is 1210. The molecule has 1 fully saturated rings. The van der Waals surface area contributed by atoms with Crippen LogP contribution in [0.1, 0.15) is 17.7 Å². The van der Waals surface area contributed by atoms with E-state index in [1.165, 1.54) is 36.3 Å². The van der Waals surface area contributed by atoms with E-state index in [4.69, 9.17) is 4.74 Å². The van der Waals surface area contributed by atoms with E-state index in [-0.39, 0.29) is 30.4 Å². The van der Waals surface area contributed by atoms with E-state index in [0.29, 0.717) is 17.1 Å². The number of benzene rings is 2. The molecule has 1 aliphatic rings. The zero-order chi connectivity index (χ0) is 23.8. The number of alkyl halides is 3. The van der Waals surface area contributed by atoms with E-state index in [1.807, 2.05) is 0 Å². The van der Waals surface area contributed by atoms with Crippen molar-refractivity contribution in [2.45, 2.75) is 19.5 Å². The van der Waals surface area contributed by atoms with Crippen LogP contribution < -0.4 is 15.0 Å². The number of methoxy groups -OCH3 is 1. The Morgan fingerprint density at radius 2 is 1.79 bits per heavy atom. The number of carbonyl (C=O) groups excluding carboxylic acids is 2. The van der Waals surface area contributed by atoms with Crippen LogP contribution in [-0.2, 0) is 15.8 Å². The molecule has 0 aliphatic carbocycles. The molecule has 0 bridgehead atoms. The van der Waals surface area contributed by atoms with Crippen LogP contribution >= 0.6 is 0 Å². The molecule has 1 saturated heterocycles. The lowest BCUT2D eigenvalue weighted by atomic mass is 10.1. The number of ether oxygens (including phenoxy) is 1. The van der Waals surface area contributed by atoms with Crippen LogP contribution in [0.25, 0.3) is 5.69 Å². The van der Waals surface area contributed by atoms with Crippen molar-refractivity contribution >= 4 is 23.3 Å². The molecule has 33 heavy (non-hydrogen) atoms. The maximum absolute atomic E-state index is 13.5. The average molecular weight is 458 g/mol. The highest BCUT2D eigenvalue weighted by Gasteiger charge is 2.37. The molecule has 1 unspecified atom stereocenters. The summed E-state index contributed by atoms with van der Waals surface area (Å²) < 4.78 is 46.9. The maximum Gasteiger partial charge on any atom is 0.418 e. The minimum Gasteiger partial charge on any atom is -0.495 e. The van der Waals surface area contributed by atoms with Crippen molar-refractivity contribution in [3.63, 3.8) is 0 Å². The van der Waals surface area contributed by atoms with Crippen molar-refractivity contribution < 1.29 is 27.5 Å². The first-order valence-corrected chi connectivity index (χ1v) is 10.2. The molecule has 7 nitrogen and oxygen atoms in total. The predicted octanol–water partition coefficient (Wildman–Crippen LogP) is 4.20. The summed E-state index contributed by atoms with van der Waals surface area (Å²) >= 11 is 0. The normalized spacial score (nSPS) is 16.2. The molecule has 4 rings (SSSR count). The maximum atomic E-state index is 13.5. The van der Waals surface area contributed by atoms with Gasteiger partial charge in [0.05, 0.1) is 35.7 Å². The van der Waals surface area contributed by atoms with Crippen LogP contribution in [0.4, 0.5) is 24.7 Å². The molecule has 172 valence electrons. The molecule has 1 atom stereocenters. The first-order valence-electron chi connectivity index (χ1n) is 10.2. The Morgan fingerprint density at radius 1 is 1.12 bits per heavy atom. The summed E-state index contributed by atoms with van der Waals surface area (Å²) in [5, 5.41) is 6.80. The molecule has 1 N–H and O–H groups in total. The number of nitrogens with one attached hydrogen (secondary N) is 1. The summed E-state index contributed by atoms with van der Waals surface area (Å²) in [6.45, 7) is 1.74. The second kappa shape index (κ2) is 8.61. The zero-order valence-electron chi connectivity index (χ0n) is 17.9. The van der Waals surface area contributed by atoms with E-state index >= 15 is 0 Å². The highest BCUT2D eigenvalue weighted by molar-refractivity contribution is 6.04. The summed E-state index contributed by atoms with van der Waals surface area (Å²) in [6, 6.07) is 13.5. The van der Waals surface area contributed by atoms with E-state index in [1.54, 1.807) is 31.2 Å². The van der Waals surface area contributed by atoms with E-state index in [2.05, 4.69) is 10.4 Å². The van der Waals surface area contributed by atoms with Gasteiger partial charge in [0, 0.05) is 19.0 Å². The van der Waals surface area contributed by atoms with Gasteiger partial charge >= 0.3 is 6.18 Å². The number of halogens is 3. The molecule has 2 amide bonds. The molecule has 3 aromatic rings. The summed E-state index contributed by atoms with van der Waals surface area (Å²) in [4.78, 5) is 27.1. The quantitative estimate of drug-likeness (QED) is 0.622. The second-order valence-corrected chi connectivity index (χ2v) is 7.66. The molecule has 2 aromatic carbocycles. The highest BCUT2D eigenvalue weighted by atomic mass is 19.4. The number of amides is 2. The van der Waals surface area contributed by atoms with Gasteiger partial charge < -0.3 is 15.0 Å². The molecule has 0 radical (unpaired) electrons. The number of nitrogens with zero attached hydrogens (tertiary/aromatic N) is 3. The van der Waals surface area contributed by atoms with Gasteiger partial charge in [-0.05, 0) is 31.2 Å². The Balaban J connectivity index is 1.58. The number of hydrogen-bond acceptors (Lipinski definition) is 4. The van der Waals surface area contributed by atoms with Crippen LogP contribution in [0.15, 0.2) is 54.6 Å². The summed E-state index contributed by atoms with van der Waals surface area (Å²) in [7, 11) is 1.49. The Morgan fingerprint density at radius 3 is 2.48 bits per heavy atom. The molecular weight excluding hydrogens is 437 g/mol. The lowest BCUT2D eigenvalue weighted by Crippen LogP contribution is -2.29. The molecule has 2 heterocycles. The number of para-hydroxylation sites is 3. The van der Waals surface area contributed by atoms with Gasteiger partial charge in [0.15, 0.2) is 0 Å². The van der Waals surface area contributed by atoms with E-state index in [0.717, 1.165) is 10.7 Å². The van der Waals surface area contributed by atoms with Crippen molar-refractivity contribution in [2.75, 3.05) is 23.9 Å². The third-order valence-electron chi connectivity index (χ3n) is 5.39. The first kappa shape index (κ1) is 22.4. The fourth-order valence-electron chi connectivity index (χ4n) is 3.87. The van der Waals surface area contributed by atoms with Crippen LogP contribution in [-0.4, -0.2) is 35.2 Å². The number of anilines is 2. The first-order chi connectivity index (χ1) is 15.7. The van der Waals surface area contributed by atoms with E-state index in [9.17, 15) is 22.8 Å². The minimum atomic E-state index is -4.59. The van der Waals surface area contributed by atoms with Gasteiger partial charge in [-0.2, -0.15) is 18.3 Å². The number of hydrogen-bond donors (Lipinski definition) is 1. The third-order valence-corrected chi connectivity index (χ3v) is 5.39. The molecule has 10 heteroatoms. The lowest BCUT2D eigenvalue weighted by molar-refractivity contribution is -0.137. The zero-order valence-corrected chi connectivity index (χ0v) is 17.9. The largest absolute Gasteiger partial charge is 0.495 e. The van der Waals surface area contributed by atoms with Gasteiger partial charge in [-0.15, -0.1) is 0 Å². The molecule has 0 saturated carbocycles. The minimum absolute atomic E-state index is 0.0316. The molecule has 0 spiro atoms. The number of rotatable bonds is 5. The number of carbonyl (C=O) groups is 2. The third kappa shape index (κ3) is 4.41. The number of aryl methyl sites for hydroxylation is 1. The van der Waals surface area contributed by atoms with Gasteiger partial charge in [0.25, 0.3) is 0 Å². The summed E-state index contributed by atoms with van der Waals surface area (Å²) in [5.41, 5.74) is -0.0887. The van der Waals surface area contributed by atoms with Crippen molar-refractivity contribution in [2.24, 2.45) is 5.92 Å². The second-order valence-electron chi connectivity index (χ2n) is 7.66. The van der Waals surface area contributed by atoms with Crippen molar-refractivity contribution in [1.82, 2.24) is 9.78 Å². The molecule has 1 aromatic heterocycles. The van der Waals surface area contributed by atoms with Crippen LogP contribution in [0.2, 0.25) is 0 Å². The lowest BCUT2D eigenvalue weighted by Gasteiger charge is -2.19. The van der Waals surface area contributed by atoms with Gasteiger partial charge in [-0.3, -0.25) is 9.59 Å². The summed E-state index contributed by atoms with van der Waals surface area (Å²) in [6.07, 6.45) is -4.62. The van der Waals surface area contributed by atoms with Crippen molar-refractivity contribution in [3.8, 4) is 11.4 Å². The SMILES string of the molecule is COc1ccccc1N1CC(C(=O)Nc2cc(C)nn2-c2ccccc2C(F)(F)F)CC1=O. The highest BCUT2D eigenvalue weighted by Crippen LogP contribution is 2.36. The van der Waals surface area contributed by atoms with Crippen LogP contribution in [0.3, 0.4) is 0 Å². The van der Waals surface area contributed by atoms with Gasteiger partial charge in [-0.1, -0.05) is 24.3 Å². The van der Waals surface area contributed by atoms with Gasteiger partial charge in [0.1, 0.15) is 11.6 Å².